The van der Waals surface area contributed by atoms with Gasteiger partial charge in [0.25, 0.3) is 0 Å². The number of ether oxygens (including phenoxy) is 2. The van der Waals surface area contributed by atoms with Gasteiger partial charge < -0.3 is 14.3 Å². The van der Waals surface area contributed by atoms with E-state index in [1.54, 1.807) is 0 Å². The van der Waals surface area contributed by atoms with Gasteiger partial charge in [-0.3, -0.25) is 0 Å². The normalized spacial score (nSPS) is 17.2. The third kappa shape index (κ3) is 3.07. The van der Waals surface area contributed by atoms with Crippen molar-refractivity contribution < 1.29 is 14.3 Å². The van der Waals surface area contributed by atoms with E-state index in [-0.39, 0.29) is 5.41 Å². The van der Waals surface area contributed by atoms with Gasteiger partial charge in [-0.2, -0.15) is 0 Å². The van der Waals surface area contributed by atoms with Crippen LogP contribution >= 0.6 is 0 Å². The molecule has 3 heteroatoms. The minimum absolute atomic E-state index is 0.151. The van der Waals surface area contributed by atoms with E-state index in [1.807, 2.05) is 24.3 Å². The van der Waals surface area contributed by atoms with Crippen molar-refractivity contribution in [2.75, 3.05) is 19.8 Å². The zero-order valence-corrected chi connectivity index (χ0v) is 10.1. The molecule has 1 aliphatic heterocycles. The van der Waals surface area contributed by atoms with Gasteiger partial charge in [0.2, 0.25) is 0 Å². The SMILES string of the molecule is CC1(COc2ccccc2CCC=O)COC1. The molecule has 0 saturated carbocycles. The van der Waals surface area contributed by atoms with Crippen molar-refractivity contribution in [2.45, 2.75) is 19.8 Å². The molecule has 0 aromatic heterocycles. The van der Waals surface area contributed by atoms with Crippen LogP contribution in [0.4, 0.5) is 0 Å². The van der Waals surface area contributed by atoms with Gasteiger partial charge in [-0.15, -0.1) is 0 Å². The maximum atomic E-state index is 10.4. The molecule has 1 aromatic rings. The number of aldehydes is 1. The molecular formula is C14H18O3. The van der Waals surface area contributed by atoms with E-state index in [9.17, 15) is 4.79 Å². The van der Waals surface area contributed by atoms with Crippen LogP contribution in [0.25, 0.3) is 0 Å². The second kappa shape index (κ2) is 5.32. The van der Waals surface area contributed by atoms with Crippen molar-refractivity contribution in [2.24, 2.45) is 5.41 Å². The monoisotopic (exact) mass is 234 g/mol. The Hall–Kier alpha value is -1.35. The van der Waals surface area contributed by atoms with Crippen LogP contribution in [0.3, 0.4) is 0 Å². The largest absolute Gasteiger partial charge is 0.493 e. The van der Waals surface area contributed by atoms with Gasteiger partial charge in [0.05, 0.1) is 19.8 Å². The highest BCUT2D eigenvalue weighted by Gasteiger charge is 2.34. The summed E-state index contributed by atoms with van der Waals surface area (Å²) in [6, 6.07) is 7.90. The van der Waals surface area contributed by atoms with Crippen molar-refractivity contribution in [1.82, 2.24) is 0 Å². The van der Waals surface area contributed by atoms with Crippen LogP contribution in [0.1, 0.15) is 18.9 Å². The standard InChI is InChI=1S/C14H18O3/c1-14(9-16-10-14)11-17-13-7-3-2-5-12(13)6-4-8-15/h2-3,5,7-8H,4,6,9-11H2,1H3. The number of para-hydroxylation sites is 1. The molecule has 0 atom stereocenters. The molecule has 0 bridgehead atoms. The van der Waals surface area contributed by atoms with Gasteiger partial charge in [-0.05, 0) is 18.1 Å². The summed E-state index contributed by atoms with van der Waals surface area (Å²) >= 11 is 0. The highest BCUT2D eigenvalue weighted by molar-refractivity contribution is 5.50. The van der Waals surface area contributed by atoms with Gasteiger partial charge in [0.1, 0.15) is 12.0 Å². The van der Waals surface area contributed by atoms with Crippen LogP contribution < -0.4 is 4.74 Å². The third-order valence-corrected chi connectivity index (χ3v) is 2.98. The van der Waals surface area contributed by atoms with Gasteiger partial charge in [0, 0.05) is 11.8 Å². The number of hydrogen-bond donors (Lipinski definition) is 0. The lowest BCUT2D eigenvalue weighted by atomic mass is 9.90. The first-order valence-corrected chi connectivity index (χ1v) is 5.96. The van der Waals surface area contributed by atoms with E-state index in [1.165, 1.54) is 0 Å². The Labute approximate surface area is 102 Å². The van der Waals surface area contributed by atoms with Gasteiger partial charge in [-0.25, -0.2) is 0 Å². The third-order valence-electron chi connectivity index (χ3n) is 2.98. The fourth-order valence-corrected chi connectivity index (χ4v) is 1.85. The smallest absolute Gasteiger partial charge is 0.122 e. The van der Waals surface area contributed by atoms with Gasteiger partial charge in [0.15, 0.2) is 0 Å². The lowest BCUT2D eigenvalue weighted by Crippen LogP contribution is -2.44. The zero-order chi connectivity index (χ0) is 12.1. The highest BCUT2D eigenvalue weighted by Crippen LogP contribution is 2.28. The molecule has 0 amide bonds. The van der Waals surface area contributed by atoms with Gasteiger partial charge in [-0.1, -0.05) is 25.1 Å². The molecule has 0 spiro atoms. The van der Waals surface area contributed by atoms with Crippen LogP contribution in [-0.2, 0) is 16.0 Å². The molecule has 1 aromatic carbocycles. The second-order valence-electron chi connectivity index (χ2n) is 4.91. The molecule has 0 N–H and O–H groups in total. The highest BCUT2D eigenvalue weighted by atomic mass is 16.5. The van der Waals surface area contributed by atoms with E-state index in [4.69, 9.17) is 9.47 Å². The Kier molecular flexibility index (Phi) is 3.79. The number of carbonyl (C=O) groups is 1. The Morgan fingerprint density at radius 2 is 2.18 bits per heavy atom. The zero-order valence-electron chi connectivity index (χ0n) is 10.1. The summed E-state index contributed by atoms with van der Waals surface area (Å²) in [7, 11) is 0. The van der Waals surface area contributed by atoms with E-state index in [0.717, 1.165) is 37.2 Å². The summed E-state index contributed by atoms with van der Waals surface area (Å²) in [6.45, 7) is 4.36. The Balaban J connectivity index is 1.96. The maximum Gasteiger partial charge on any atom is 0.122 e. The molecule has 1 fully saturated rings. The van der Waals surface area contributed by atoms with Crippen molar-refractivity contribution >= 4 is 6.29 Å². The molecule has 17 heavy (non-hydrogen) atoms. The van der Waals surface area contributed by atoms with Gasteiger partial charge >= 0.3 is 0 Å². The Morgan fingerprint density at radius 1 is 1.41 bits per heavy atom. The van der Waals surface area contributed by atoms with Crippen LogP contribution in [0, 0.1) is 5.41 Å². The average molecular weight is 234 g/mol. The number of rotatable bonds is 6. The topological polar surface area (TPSA) is 35.5 Å². The summed E-state index contributed by atoms with van der Waals surface area (Å²) in [5.41, 5.74) is 1.25. The van der Waals surface area contributed by atoms with Crippen molar-refractivity contribution in [3.8, 4) is 5.75 Å². The first kappa shape index (κ1) is 12.1. The average Bonchev–Trinajstić information content (AvgIpc) is 2.32. The lowest BCUT2D eigenvalue weighted by molar-refractivity contribution is -0.120. The van der Waals surface area contributed by atoms with E-state index in [2.05, 4.69) is 6.92 Å². The summed E-state index contributed by atoms with van der Waals surface area (Å²) in [5.74, 6) is 0.891. The predicted octanol–water partition coefficient (Wildman–Crippen LogP) is 2.23. The molecule has 1 heterocycles. The maximum absolute atomic E-state index is 10.4. The molecule has 0 radical (unpaired) electrons. The first-order valence-electron chi connectivity index (χ1n) is 5.96. The number of aryl methyl sites for hydroxylation is 1. The molecule has 1 aliphatic rings. The lowest BCUT2D eigenvalue weighted by Gasteiger charge is -2.37. The fraction of sp³-hybridized carbons (Fsp3) is 0.500. The van der Waals surface area contributed by atoms with Crippen LogP contribution in [0.2, 0.25) is 0 Å². The van der Waals surface area contributed by atoms with Crippen LogP contribution in [0.15, 0.2) is 24.3 Å². The fourth-order valence-electron chi connectivity index (χ4n) is 1.85. The molecule has 2 rings (SSSR count). The van der Waals surface area contributed by atoms with E-state index >= 15 is 0 Å². The predicted molar refractivity (Wildman–Crippen MR) is 65.2 cm³/mol. The molecule has 0 aliphatic carbocycles. The number of carbonyl (C=O) groups excluding carboxylic acids is 1. The number of hydrogen-bond acceptors (Lipinski definition) is 3. The quantitative estimate of drug-likeness (QED) is 0.708. The van der Waals surface area contributed by atoms with Crippen LogP contribution in [-0.4, -0.2) is 26.1 Å². The van der Waals surface area contributed by atoms with E-state index < -0.39 is 0 Å². The molecular weight excluding hydrogens is 216 g/mol. The summed E-state index contributed by atoms with van der Waals surface area (Å²) in [5, 5.41) is 0. The minimum Gasteiger partial charge on any atom is -0.493 e. The summed E-state index contributed by atoms with van der Waals surface area (Å²) in [6.07, 6.45) is 2.23. The minimum atomic E-state index is 0.151. The second-order valence-corrected chi connectivity index (χ2v) is 4.91. The van der Waals surface area contributed by atoms with Crippen molar-refractivity contribution in [3.63, 3.8) is 0 Å². The molecule has 1 saturated heterocycles. The van der Waals surface area contributed by atoms with E-state index in [0.29, 0.717) is 13.0 Å². The Morgan fingerprint density at radius 3 is 2.82 bits per heavy atom. The summed E-state index contributed by atoms with van der Waals surface area (Å²) < 4.78 is 11.0. The molecule has 92 valence electrons. The molecule has 0 unspecified atom stereocenters. The molecule has 3 nitrogen and oxygen atoms in total. The first-order chi connectivity index (χ1) is 8.23. The van der Waals surface area contributed by atoms with Crippen LogP contribution in [0.5, 0.6) is 5.75 Å². The summed E-state index contributed by atoms with van der Waals surface area (Å²) in [4.78, 5) is 10.4. The van der Waals surface area contributed by atoms with Crippen molar-refractivity contribution in [3.05, 3.63) is 29.8 Å². The van der Waals surface area contributed by atoms with Crippen molar-refractivity contribution in [1.29, 1.82) is 0 Å². The number of benzene rings is 1. The Bertz CT molecular complexity index is 383.